The molecule has 0 heterocycles. The van der Waals surface area contributed by atoms with Gasteiger partial charge in [-0.3, -0.25) is 4.79 Å². The highest BCUT2D eigenvalue weighted by Gasteiger charge is 2.41. The van der Waals surface area contributed by atoms with E-state index < -0.39 is 0 Å². The minimum Gasteiger partial charge on any atom is -0.507 e. The lowest BCUT2D eigenvalue weighted by Gasteiger charge is -2.16. The Bertz CT molecular complexity index is 494. The van der Waals surface area contributed by atoms with Crippen LogP contribution in [0.5, 0.6) is 11.5 Å². The molecule has 4 heteroatoms. The van der Waals surface area contributed by atoms with E-state index in [2.05, 4.69) is 5.32 Å². The molecule has 0 spiro atoms. The number of carbonyl (C=O) groups is 1. The van der Waals surface area contributed by atoms with Gasteiger partial charge in [-0.2, -0.15) is 0 Å². The van der Waals surface area contributed by atoms with Crippen LogP contribution in [0.1, 0.15) is 36.0 Å². The van der Waals surface area contributed by atoms with E-state index >= 15 is 0 Å². The summed E-state index contributed by atoms with van der Waals surface area (Å²) in [4.78, 5) is 12.2. The topological polar surface area (TPSA) is 58.6 Å². The van der Waals surface area contributed by atoms with E-state index in [1.54, 1.807) is 19.2 Å². The first kappa shape index (κ1) is 13.3. The number of benzene rings is 1. The molecule has 0 radical (unpaired) electrons. The van der Waals surface area contributed by atoms with E-state index in [9.17, 15) is 9.90 Å². The van der Waals surface area contributed by atoms with Crippen LogP contribution in [0.4, 0.5) is 0 Å². The lowest BCUT2D eigenvalue weighted by molar-refractivity contribution is 0.0940. The molecule has 2 N–H and O–H groups in total. The zero-order valence-electron chi connectivity index (χ0n) is 11.8. The molecule has 2 aliphatic rings. The fourth-order valence-electron chi connectivity index (χ4n) is 2.90. The van der Waals surface area contributed by atoms with Crippen molar-refractivity contribution in [3.05, 3.63) is 23.8 Å². The van der Waals surface area contributed by atoms with Gasteiger partial charge in [0.2, 0.25) is 0 Å². The summed E-state index contributed by atoms with van der Waals surface area (Å²) in [5.41, 5.74) is 0.287. The van der Waals surface area contributed by atoms with Gasteiger partial charge in [0.15, 0.2) is 0 Å². The van der Waals surface area contributed by atoms with E-state index in [-0.39, 0.29) is 17.2 Å². The maximum Gasteiger partial charge on any atom is 0.255 e. The van der Waals surface area contributed by atoms with Gasteiger partial charge < -0.3 is 15.2 Å². The number of phenols is 1. The first-order valence-corrected chi connectivity index (χ1v) is 7.34. The number of phenolic OH excluding ortho intramolecular Hbond substituents is 1. The first-order valence-electron chi connectivity index (χ1n) is 7.34. The highest BCUT2D eigenvalue weighted by atomic mass is 16.5. The second-order valence-electron chi connectivity index (χ2n) is 5.93. The van der Waals surface area contributed by atoms with Crippen molar-refractivity contribution in [2.24, 2.45) is 17.8 Å². The predicted molar refractivity (Wildman–Crippen MR) is 75.9 cm³/mol. The molecule has 1 aromatic rings. The van der Waals surface area contributed by atoms with Gasteiger partial charge in [-0.1, -0.05) is 0 Å². The normalized spacial score (nSPS) is 18.1. The molecule has 2 saturated carbocycles. The fraction of sp³-hybridized carbons (Fsp3) is 0.562. The van der Waals surface area contributed by atoms with E-state index in [1.807, 2.05) is 0 Å². The van der Waals surface area contributed by atoms with E-state index in [4.69, 9.17) is 4.74 Å². The summed E-state index contributed by atoms with van der Waals surface area (Å²) in [6, 6.07) is 4.71. The van der Waals surface area contributed by atoms with Crippen LogP contribution in [0.15, 0.2) is 18.2 Å². The van der Waals surface area contributed by atoms with Crippen molar-refractivity contribution in [1.82, 2.24) is 5.32 Å². The van der Waals surface area contributed by atoms with Crippen LogP contribution in [0, 0.1) is 17.8 Å². The third-order valence-corrected chi connectivity index (χ3v) is 4.40. The molecule has 0 aromatic heterocycles. The van der Waals surface area contributed by atoms with E-state index in [1.165, 1.54) is 31.7 Å². The first-order chi connectivity index (χ1) is 9.69. The zero-order valence-corrected chi connectivity index (χ0v) is 11.8. The number of nitrogens with one attached hydrogen (secondary N) is 1. The summed E-state index contributed by atoms with van der Waals surface area (Å²) in [5.74, 6) is 2.61. The van der Waals surface area contributed by atoms with Gasteiger partial charge in [0.05, 0.1) is 12.7 Å². The lowest BCUT2D eigenvalue weighted by Crippen LogP contribution is -2.31. The molecule has 4 nitrogen and oxygen atoms in total. The Balaban J connectivity index is 1.63. The largest absolute Gasteiger partial charge is 0.507 e. The summed E-state index contributed by atoms with van der Waals surface area (Å²) in [6.45, 7) is 0.727. The molecule has 1 amide bonds. The number of hydrogen-bond acceptors (Lipinski definition) is 3. The van der Waals surface area contributed by atoms with Crippen molar-refractivity contribution in [2.75, 3.05) is 13.7 Å². The van der Waals surface area contributed by atoms with Crippen LogP contribution < -0.4 is 10.1 Å². The summed E-state index contributed by atoms with van der Waals surface area (Å²) < 4.78 is 5.09. The Kier molecular flexibility index (Phi) is 3.55. The van der Waals surface area contributed by atoms with Crippen LogP contribution in [-0.4, -0.2) is 24.7 Å². The monoisotopic (exact) mass is 275 g/mol. The zero-order chi connectivity index (χ0) is 14.1. The van der Waals surface area contributed by atoms with Crippen molar-refractivity contribution in [2.45, 2.75) is 25.7 Å². The molecule has 1 aromatic carbocycles. The average Bonchev–Trinajstić information content (AvgIpc) is 3.32. The number of ether oxygens (including phenoxy) is 1. The lowest BCUT2D eigenvalue weighted by atomic mass is 9.98. The van der Waals surface area contributed by atoms with Crippen molar-refractivity contribution < 1.29 is 14.6 Å². The molecule has 0 saturated heterocycles. The third kappa shape index (κ3) is 2.89. The molecule has 108 valence electrons. The highest BCUT2D eigenvalue weighted by Crippen LogP contribution is 2.48. The van der Waals surface area contributed by atoms with Crippen molar-refractivity contribution >= 4 is 5.91 Å². The maximum atomic E-state index is 12.2. The Labute approximate surface area is 119 Å². The molecule has 0 bridgehead atoms. The van der Waals surface area contributed by atoms with Crippen LogP contribution in [0.2, 0.25) is 0 Å². The molecule has 0 unspecified atom stereocenters. The molecular formula is C16H21NO3. The van der Waals surface area contributed by atoms with Crippen molar-refractivity contribution in [3.63, 3.8) is 0 Å². The van der Waals surface area contributed by atoms with Crippen LogP contribution in [-0.2, 0) is 0 Å². The van der Waals surface area contributed by atoms with Gasteiger partial charge in [0, 0.05) is 6.54 Å². The number of methoxy groups -OCH3 is 1. The quantitative estimate of drug-likeness (QED) is 0.839. The Morgan fingerprint density at radius 2 is 2.00 bits per heavy atom. The molecule has 3 rings (SSSR count). The Morgan fingerprint density at radius 3 is 2.55 bits per heavy atom. The number of rotatable bonds is 6. The smallest absolute Gasteiger partial charge is 0.255 e. The molecule has 2 aliphatic carbocycles. The van der Waals surface area contributed by atoms with Gasteiger partial charge in [-0.25, -0.2) is 0 Å². The van der Waals surface area contributed by atoms with Gasteiger partial charge >= 0.3 is 0 Å². The minimum atomic E-state index is -0.215. The molecule has 0 aliphatic heterocycles. The third-order valence-electron chi connectivity index (χ3n) is 4.40. The Hall–Kier alpha value is -1.71. The predicted octanol–water partition coefficient (Wildman–Crippen LogP) is 2.57. The summed E-state index contributed by atoms with van der Waals surface area (Å²) in [6.07, 6.45) is 5.23. The average molecular weight is 275 g/mol. The van der Waals surface area contributed by atoms with E-state index in [0.29, 0.717) is 11.7 Å². The number of hydrogen-bond donors (Lipinski definition) is 2. The van der Waals surface area contributed by atoms with Crippen LogP contribution >= 0.6 is 0 Å². The second kappa shape index (κ2) is 5.35. The fourth-order valence-corrected chi connectivity index (χ4v) is 2.90. The van der Waals surface area contributed by atoms with E-state index in [0.717, 1.165) is 18.4 Å². The number of amides is 1. The summed E-state index contributed by atoms with van der Waals surface area (Å²) >= 11 is 0. The summed E-state index contributed by atoms with van der Waals surface area (Å²) in [5, 5.41) is 12.8. The minimum absolute atomic E-state index is 0.00214. The van der Waals surface area contributed by atoms with Gasteiger partial charge in [-0.15, -0.1) is 0 Å². The SMILES string of the molecule is COc1ccc(O)c(C(=O)NCC(C2CC2)C2CC2)c1. The van der Waals surface area contributed by atoms with Crippen LogP contribution in [0.3, 0.4) is 0 Å². The van der Waals surface area contributed by atoms with Crippen molar-refractivity contribution in [1.29, 1.82) is 0 Å². The Morgan fingerprint density at radius 1 is 1.35 bits per heavy atom. The van der Waals surface area contributed by atoms with Crippen molar-refractivity contribution in [3.8, 4) is 11.5 Å². The number of carbonyl (C=O) groups excluding carboxylic acids is 1. The number of aromatic hydroxyl groups is 1. The molecule has 0 atom stereocenters. The maximum absolute atomic E-state index is 12.2. The molecule has 2 fully saturated rings. The molecule has 20 heavy (non-hydrogen) atoms. The summed E-state index contributed by atoms with van der Waals surface area (Å²) in [7, 11) is 1.55. The highest BCUT2D eigenvalue weighted by molar-refractivity contribution is 5.97. The van der Waals surface area contributed by atoms with Crippen LogP contribution in [0.25, 0.3) is 0 Å². The van der Waals surface area contributed by atoms with Gasteiger partial charge in [0.1, 0.15) is 11.5 Å². The van der Waals surface area contributed by atoms with Gasteiger partial charge in [0.25, 0.3) is 5.91 Å². The molecular weight excluding hydrogens is 254 g/mol. The second-order valence-corrected chi connectivity index (χ2v) is 5.93. The standard InChI is InChI=1S/C16H21NO3/c1-20-12-6-7-15(18)13(8-12)16(19)17-9-14(10-2-3-10)11-4-5-11/h6-8,10-11,14,18H,2-5,9H2,1H3,(H,17,19). The van der Waals surface area contributed by atoms with Gasteiger partial charge in [-0.05, 0) is 61.6 Å².